The van der Waals surface area contributed by atoms with Crippen molar-refractivity contribution in [3.63, 3.8) is 0 Å². The Morgan fingerprint density at radius 2 is 2.08 bits per heavy atom. The first-order valence-corrected chi connectivity index (χ1v) is 4.41. The Hall–Kier alpha value is -1.06. The van der Waals surface area contributed by atoms with Gasteiger partial charge < -0.3 is 9.84 Å². The topological polar surface area (TPSA) is 63.6 Å². The highest BCUT2D eigenvalue weighted by molar-refractivity contribution is 5.78. The Kier molecular flexibility index (Phi) is 5.93. The Labute approximate surface area is 77.9 Å². The third-order valence-corrected chi connectivity index (χ3v) is 1.90. The Morgan fingerprint density at radius 3 is 2.46 bits per heavy atom. The molecule has 1 N–H and O–H groups in total. The lowest BCUT2D eigenvalue weighted by Crippen LogP contribution is -2.18. The quantitative estimate of drug-likeness (QED) is 0.640. The molecule has 0 aliphatic carbocycles. The number of carbonyl (C=O) groups excluding carboxylic acids is 1. The van der Waals surface area contributed by atoms with Gasteiger partial charge in [-0.3, -0.25) is 9.59 Å². The molecule has 0 unspecified atom stereocenters. The van der Waals surface area contributed by atoms with E-state index in [4.69, 9.17) is 5.11 Å². The van der Waals surface area contributed by atoms with Crippen LogP contribution in [0.3, 0.4) is 0 Å². The lowest BCUT2D eigenvalue weighted by Gasteiger charge is -2.09. The molecule has 0 saturated heterocycles. The molecule has 0 spiro atoms. The highest BCUT2D eigenvalue weighted by atomic mass is 16.5. The van der Waals surface area contributed by atoms with Crippen LogP contribution in [0.1, 0.15) is 32.6 Å². The predicted molar refractivity (Wildman–Crippen MR) is 47.3 cm³/mol. The fourth-order valence-corrected chi connectivity index (χ4v) is 1.05. The maximum absolute atomic E-state index is 10.8. The van der Waals surface area contributed by atoms with Crippen LogP contribution >= 0.6 is 0 Å². The molecule has 0 aromatic rings. The Bertz CT molecular complexity index is 176. The van der Waals surface area contributed by atoms with Gasteiger partial charge in [0.2, 0.25) is 0 Å². The van der Waals surface area contributed by atoms with E-state index in [9.17, 15) is 9.59 Å². The van der Waals surface area contributed by atoms with Gasteiger partial charge in [-0.2, -0.15) is 0 Å². The highest BCUT2D eigenvalue weighted by Gasteiger charge is 2.20. The zero-order valence-corrected chi connectivity index (χ0v) is 8.08. The zero-order valence-electron chi connectivity index (χ0n) is 8.08. The van der Waals surface area contributed by atoms with E-state index in [-0.39, 0.29) is 6.42 Å². The molecule has 4 nitrogen and oxygen atoms in total. The van der Waals surface area contributed by atoms with Crippen molar-refractivity contribution in [2.45, 2.75) is 32.6 Å². The number of rotatable bonds is 6. The van der Waals surface area contributed by atoms with E-state index in [1.54, 1.807) is 0 Å². The number of carboxylic acids is 1. The molecule has 0 aliphatic rings. The molecule has 4 heteroatoms. The van der Waals surface area contributed by atoms with Crippen molar-refractivity contribution in [2.75, 3.05) is 7.11 Å². The molecule has 0 rings (SSSR count). The summed E-state index contributed by atoms with van der Waals surface area (Å²) in [5.74, 6) is -1.96. The summed E-state index contributed by atoms with van der Waals surface area (Å²) in [5.41, 5.74) is 0. The van der Waals surface area contributed by atoms with Crippen LogP contribution in [-0.2, 0) is 14.3 Å². The van der Waals surface area contributed by atoms with Gasteiger partial charge in [0.05, 0.1) is 19.4 Å². The minimum absolute atomic E-state index is 0.0220. The minimum Gasteiger partial charge on any atom is -0.481 e. The van der Waals surface area contributed by atoms with E-state index >= 15 is 0 Å². The van der Waals surface area contributed by atoms with E-state index in [0.29, 0.717) is 6.42 Å². The van der Waals surface area contributed by atoms with Crippen molar-refractivity contribution < 1.29 is 19.4 Å². The van der Waals surface area contributed by atoms with Gasteiger partial charge in [0.25, 0.3) is 0 Å². The standard InChI is InChI=1S/C9H16O4/c1-3-4-5-7(9(11)12)6-8(10)13-2/h7H,3-6H2,1-2H3,(H,11,12)/t7-/m1/s1. The fourth-order valence-electron chi connectivity index (χ4n) is 1.05. The van der Waals surface area contributed by atoms with Gasteiger partial charge >= 0.3 is 11.9 Å². The fraction of sp³-hybridized carbons (Fsp3) is 0.778. The molecule has 0 amide bonds. The van der Waals surface area contributed by atoms with Gasteiger partial charge in [-0.05, 0) is 6.42 Å². The number of hydrogen-bond acceptors (Lipinski definition) is 3. The molecule has 0 radical (unpaired) electrons. The van der Waals surface area contributed by atoms with Gasteiger partial charge in [-0.25, -0.2) is 0 Å². The average molecular weight is 188 g/mol. The summed E-state index contributed by atoms with van der Waals surface area (Å²) in [4.78, 5) is 21.5. The normalized spacial score (nSPS) is 12.2. The van der Waals surface area contributed by atoms with Crippen molar-refractivity contribution in [2.24, 2.45) is 5.92 Å². The molecule has 76 valence electrons. The molecule has 0 aromatic heterocycles. The number of hydrogen-bond donors (Lipinski definition) is 1. The third kappa shape index (κ3) is 5.22. The molecule has 0 fully saturated rings. The van der Waals surface area contributed by atoms with E-state index in [2.05, 4.69) is 4.74 Å². The van der Waals surface area contributed by atoms with Gasteiger partial charge in [0.15, 0.2) is 0 Å². The predicted octanol–water partition coefficient (Wildman–Crippen LogP) is 1.44. The number of aliphatic carboxylic acids is 1. The molecule has 0 aliphatic heterocycles. The highest BCUT2D eigenvalue weighted by Crippen LogP contribution is 2.13. The van der Waals surface area contributed by atoms with E-state index in [0.717, 1.165) is 12.8 Å². The monoisotopic (exact) mass is 188 g/mol. The minimum atomic E-state index is -0.918. The van der Waals surface area contributed by atoms with Crippen LogP contribution in [0.4, 0.5) is 0 Å². The molecular weight excluding hydrogens is 172 g/mol. The summed E-state index contributed by atoms with van der Waals surface area (Å²) in [6, 6.07) is 0. The Balaban J connectivity index is 3.94. The summed E-state index contributed by atoms with van der Waals surface area (Å²) >= 11 is 0. The lowest BCUT2D eigenvalue weighted by molar-refractivity contribution is -0.150. The maximum atomic E-state index is 10.8. The number of ether oxygens (including phenoxy) is 1. The molecular formula is C9H16O4. The molecule has 1 atom stereocenters. The summed E-state index contributed by atoms with van der Waals surface area (Å²) in [6.45, 7) is 1.98. The lowest BCUT2D eigenvalue weighted by atomic mass is 9.99. The molecule has 13 heavy (non-hydrogen) atoms. The van der Waals surface area contributed by atoms with E-state index < -0.39 is 17.9 Å². The molecule has 0 bridgehead atoms. The second kappa shape index (κ2) is 6.46. The largest absolute Gasteiger partial charge is 0.481 e. The summed E-state index contributed by atoms with van der Waals surface area (Å²) < 4.78 is 4.41. The van der Waals surface area contributed by atoms with Gasteiger partial charge in [0, 0.05) is 0 Å². The number of unbranched alkanes of at least 4 members (excludes halogenated alkanes) is 1. The van der Waals surface area contributed by atoms with Crippen molar-refractivity contribution >= 4 is 11.9 Å². The van der Waals surface area contributed by atoms with Crippen LogP contribution in [-0.4, -0.2) is 24.2 Å². The van der Waals surface area contributed by atoms with Crippen LogP contribution in [0.5, 0.6) is 0 Å². The first-order chi connectivity index (χ1) is 6.11. The zero-order chi connectivity index (χ0) is 10.3. The van der Waals surface area contributed by atoms with Crippen molar-refractivity contribution in [1.29, 1.82) is 0 Å². The first kappa shape index (κ1) is 11.9. The molecule has 0 aromatic carbocycles. The summed E-state index contributed by atoms with van der Waals surface area (Å²) in [7, 11) is 1.26. The van der Waals surface area contributed by atoms with Gasteiger partial charge in [-0.1, -0.05) is 19.8 Å². The number of esters is 1. The third-order valence-electron chi connectivity index (χ3n) is 1.90. The Morgan fingerprint density at radius 1 is 1.46 bits per heavy atom. The molecule has 0 saturated carbocycles. The van der Waals surface area contributed by atoms with Crippen LogP contribution in [0.15, 0.2) is 0 Å². The summed E-state index contributed by atoms with van der Waals surface area (Å²) in [5, 5.41) is 8.74. The van der Waals surface area contributed by atoms with Gasteiger partial charge in [0.1, 0.15) is 0 Å². The van der Waals surface area contributed by atoms with Crippen LogP contribution < -0.4 is 0 Å². The van der Waals surface area contributed by atoms with E-state index in [1.165, 1.54) is 7.11 Å². The molecule has 0 heterocycles. The summed E-state index contributed by atoms with van der Waals surface area (Å²) in [6.07, 6.45) is 2.28. The number of carbonyl (C=O) groups is 2. The van der Waals surface area contributed by atoms with Crippen molar-refractivity contribution in [3.8, 4) is 0 Å². The second-order valence-electron chi connectivity index (χ2n) is 2.96. The smallest absolute Gasteiger partial charge is 0.307 e. The van der Waals surface area contributed by atoms with Crippen molar-refractivity contribution in [1.82, 2.24) is 0 Å². The van der Waals surface area contributed by atoms with Crippen LogP contribution in [0.25, 0.3) is 0 Å². The average Bonchev–Trinajstić information content (AvgIpc) is 2.11. The van der Waals surface area contributed by atoms with Crippen LogP contribution in [0, 0.1) is 5.92 Å². The number of methoxy groups -OCH3 is 1. The first-order valence-electron chi connectivity index (χ1n) is 4.41. The van der Waals surface area contributed by atoms with Gasteiger partial charge in [-0.15, -0.1) is 0 Å². The SMILES string of the molecule is CCCC[C@H](CC(=O)OC)C(=O)O. The van der Waals surface area contributed by atoms with E-state index in [1.807, 2.05) is 6.92 Å². The van der Waals surface area contributed by atoms with Crippen molar-refractivity contribution in [3.05, 3.63) is 0 Å². The number of carboxylic acid groups (broad SMARTS) is 1. The maximum Gasteiger partial charge on any atom is 0.307 e. The van der Waals surface area contributed by atoms with Crippen LogP contribution in [0.2, 0.25) is 0 Å². The second-order valence-corrected chi connectivity index (χ2v) is 2.96.